The van der Waals surface area contributed by atoms with E-state index >= 15 is 0 Å². The molecule has 1 saturated heterocycles. The lowest BCUT2D eigenvalue weighted by Crippen LogP contribution is -2.38. The van der Waals surface area contributed by atoms with Crippen molar-refractivity contribution in [2.24, 2.45) is 5.92 Å². The van der Waals surface area contributed by atoms with Crippen LogP contribution in [0.3, 0.4) is 0 Å². The van der Waals surface area contributed by atoms with Gasteiger partial charge in [-0.15, -0.1) is 10.2 Å². The van der Waals surface area contributed by atoms with Crippen molar-refractivity contribution in [3.63, 3.8) is 0 Å². The Morgan fingerprint density at radius 1 is 1.24 bits per heavy atom. The van der Waals surface area contributed by atoms with Crippen LogP contribution in [-0.4, -0.2) is 48.9 Å². The number of nitrogens with one attached hydrogen (secondary N) is 1. The summed E-state index contributed by atoms with van der Waals surface area (Å²) in [5.41, 5.74) is 1.60. The highest BCUT2D eigenvalue weighted by Crippen LogP contribution is 2.23. The second kappa shape index (κ2) is 6.93. The molecule has 0 aliphatic carbocycles. The minimum atomic E-state index is -0.0255. The molecule has 1 N–H and O–H groups in total. The van der Waals surface area contributed by atoms with Gasteiger partial charge in [0.15, 0.2) is 5.82 Å². The second-order valence-corrected chi connectivity index (χ2v) is 6.51. The normalized spacial score (nSPS) is 15.3. The first-order valence-electron chi connectivity index (χ1n) is 7.93. The third kappa shape index (κ3) is 3.48. The van der Waals surface area contributed by atoms with Crippen LogP contribution in [0.2, 0.25) is 0 Å². The number of amides is 1. The Morgan fingerprint density at radius 3 is 2.80 bits per heavy atom. The molecule has 9 nitrogen and oxygen atoms in total. The van der Waals surface area contributed by atoms with Gasteiger partial charge >= 0.3 is 0 Å². The lowest BCUT2D eigenvalue weighted by molar-refractivity contribution is -0.120. The molecular formula is C15H16N8OS. The van der Waals surface area contributed by atoms with Crippen LogP contribution < -0.4 is 10.2 Å². The molecule has 128 valence electrons. The number of hydrogen-bond acceptors (Lipinski definition) is 8. The van der Waals surface area contributed by atoms with Crippen LogP contribution in [0.1, 0.15) is 12.8 Å². The molecule has 4 rings (SSSR count). The van der Waals surface area contributed by atoms with E-state index in [1.54, 1.807) is 28.8 Å². The maximum Gasteiger partial charge on any atom is 0.229 e. The quantitative estimate of drug-likeness (QED) is 0.753. The first-order chi connectivity index (χ1) is 12.3. The zero-order chi connectivity index (χ0) is 17.1. The summed E-state index contributed by atoms with van der Waals surface area (Å²) in [6.45, 7) is 1.51. The SMILES string of the molecule is O=C(Nc1nncs1)C1CCN(c2cncc(-n3cccn3)n2)CC1. The standard InChI is InChI=1S/C15H16N8OS/c24-14(20-15-21-17-10-25-15)11-2-6-22(7-3-11)12-8-16-9-13(19-12)23-5-1-4-18-23/h1,4-5,8-11H,2-3,6-7H2,(H,20,21,24). The second-order valence-electron chi connectivity index (χ2n) is 5.68. The third-order valence-electron chi connectivity index (χ3n) is 4.13. The smallest absolute Gasteiger partial charge is 0.229 e. The van der Waals surface area contributed by atoms with Crippen molar-refractivity contribution >= 4 is 28.2 Å². The van der Waals surface area contributed by atoms with Gasteiger partial charge in [0.2, 0.25) is 11.0 Å². The van der Waals surface area contributed by atoms with Gasteiger partial charge in [0.1, 0.15) is 11.3 Å². The molecule has 10 heteroatoms. The van der Waals surface area contributed by atoms with Crippen molar-refractivity contribution in [3.8, 4) is 5.82 Å². The van der Waals surface area contributed by atoms with E-state index in [2.05, 4.69) is 35.5 Å². The summed E-state index contributed by atoms with van der Waals surface area (Å²) in [4.78, 5) is 23.3. The van der Waals surface area contributed by atoms with E-state index in [-0.39, 0.29) is 11.8 Å². The predicted molar refractivity (Wildman–Crippen MR) is 92.6 cm³/mol. The molecule has 1 aliphatic rings. The van der Waals surface area contributed by atoms with Crippen LogP contribution in [0.15, 0.2) is 36.4 Å². The molecule has 0 radical (unpaired) electrons. The molecule has 3 aromatic heterocycles. The molecule has 25 heavy (non-hydrogen) atoms. The summed E-state index contributed by atoms with van der Waals surface area (Å²) in [7, 11) is 0. The molecule has 0 saturated carbocycles. The number of nitrogens with zero attached hydrogens (tertiary/aromatic N) is 7. The van der Waals surface area contributed by atoms with Gasteiger partial charge < -0.3 is 10.2 Å². The highest BCUT2D eigenvalue weighted by atomic mass is 32.1. The molecule has 0 atom stereocenters. The van der Waals surface area contributed by atoms with Gasteiger partial charge in [-0.3, -0.25) is 9.78 Å². The Bertz CT molecular complexity index is 827. The van der Waals surface area contributed by atoms with Crippen LogP contribution in [0, 0.1) is 5.92 Å². The Balaban J connectivity index is 1.39. The fourth-order valence-electron chi connectivity index (χ4n) is 2.82. The van der Waals surface area contributed by atoms with E-state index in [0.29, 0.717) is 10.9 Å². The zero-order valence-electron chi connectivity index (χ0n) is 13.3. The van der Waals surface area contributed by atoms with Gasteiger partial charge in [0.05, 0.1) is 12.4 Å². The molecule has 1 amide bonds. The highest BCUT2D eigenvalue weighted by Gasteiger charge is 2.26. The minimum absolute atomic E-state index is 0.00720. The summed E-state index contributed by atoms with van der Waals surface area (Å²) >= 11 is 1.32. The van der Waals surface area contributed by atoms with Gasteiger partial charge in [-0.1, -0.05) is 11.3 Å². The average molecular weight is 356 g/mol. The number of aromatic nitrogens is 6. The molecule has 0 bridgehead atoms. The van der Waals surface area contributed by atoms with Gasteiger partial charge in [-0.05, 0) is 18.9 Å². The lowest BCUT2D eigenvalue weighted by atomic mass is 9.96. The number of carbonyl (C=O) groups excluding carboxylic acids is 1. The molecule has 1 fully saturated rings. The highest BCUT2D eigenvalue weighted by molar-refractivity contribution is 7.13. The molecule has 0 spiro atoms. The topological polar surface area (TPSA) is 102 Å². The lowest BCUT2D eigenvalue weighted by Gasteiger charge is -2.31. The monoisotopic (exact) mass is 356 g/mol. The van der Waals surface area contributed by atoms with E-state index in [1.165, 1.54) is 11.3 Å². The molecule has 0 unspecified atom stereocenters. The summed E-state index contributed by atoms with van der Waals surface area (Å²) in [6.07, 6.45) is 8.48. The van der Waals surface area contributed by atoms with Gasteiger partial charge in [0.25, 0.3) is 0 Å². The van der Waals surface area contributed by atoms with E-state index in [9.17, 15) is 4.79 Å². The van der Waals surface area contributed by atoms with E-state index in [4.69, 9.17) is 0 Å². The first-order valence-corrected chi connectivity index (χ1v) is 8.81. The number of carbonyl (C=O) groups is 1. The minimum Gasteiger partial charge on any atom is -0.355 e. The maximum atomic E-state index is 12.3. The molecule has 4 heterocycles. The third-order valence-corrected chi connectivity index (χ3v) is 4.73. The Hall–Kier alpha value is -2.88. The van der Waals surface area contributed by atoms with E-state index in [0.717, 1.165) is 31.7 Å². The van der Waals surface area contributed by atoms with Crippen molar-refractivity contribution in [1.29, 1.82) is 0 Å². The summed E-state index contributed by atoms with van der Waals surface area (Å²) < 4.78 is 1.68. The van der Waals surface area contributed by atoms with Crippen molar-refractivity contribution in [2.45, 2.75) is 12.8 Å². The largest absolute Gasteiger partial charge is 0.355 e. The van der Waals surface area contributed by atoms with Crippen LogP contribution in [0.5, 0.6) is 0 Å². The van der Waals surface area contributed by atoms with Gasteiger partial charge in [0, 0.05) is 31.4 Å². The fraction of sp³-hybridized carbons (Fsp3) is 0.333. The number of anilines is 2. The fourth-order valence-corrected chi connectivity index (χ4v) is 3.27. The predicted octanol–water partition coefficient (Wildman–Crippen LogP) is 1.37. The number of piperidine rings is 1. The van der Waals surface area contributed by atoms with Crippen molar-refractivity contribution in [3.05, 3.63) is 36.4 Å². The molecule has 0 aromatic carbocycles. The molecule has 1 aliphatic heterocycles. The van der Waals surface area contributed by atoms with Crippen molar-refractivity contribution in [1.82, 2.24) is 29.9 Å². The number of hydrogen-bond donors (Lipinski definition) is 1. The van der Waals surface area contributed by atoms with Crippen LogP contribution >= 0.6 is 11.3 Å². The van der Waals surface area contributed by atoms with E-state index < -0.39 is 0 Å². The summed E-state index contributed by atoms with van der Waals surface area (Å²) in [6, 6.07) is 1.84. The number of rotatable bonds is 4. The first kappa shape index (κ1) is 15.6. The Morgan fingerprint density at radius 2 is 2.08 bits per heavy atom. The Kier molecular flexibility index (Phi) is 4.34. The molecular weight excluding hydrogens is 340 g/mol. The summed E-state index contributed by atoms with van der Waals surface area (Å²) in [5.74, 6) is 1.46. The van der Waals surface area contributed by atoms with Crippen molar-refractivity contribution in [2.75, 3.05) is 23.3 Å². The van der Waals surface area contributed by atoms with E-state index in [1.807, 2.05) is 12.3 Å². The zero-order valence-corrected chi connectivity index (χ0v) is 14.1. The van der Waals surface area contributed by atoms with Crippen LogP contribution in [0.4, 0.5) is 10.9 Å². The summed E-state index contributed by atoms with van der Waals surface area (Å²) in [5, 5.41) is 15.1. The Labute approximate surface area is 147 Å². The van der Waals surface area contributed by atoms with Gasteiger partial charge in [-0.2, -0.15) is 5.10 Å². The van der Waals surface area contributed by atoms with Gasteiger partial charge in [-0.25, -0.2) is 9.67 Å². The molecule has 3 aromatic rings. The average Bonchev–Trinajstić information content (AvgIpc) is 3.36. The van der Waals surface area contributed by atoms with Crippen molar-refractivity contribution < 1.29 is 4.79 Å². The maximum absolute atomic E-state index is 12.3. The van der Waals surface area contributed by atoms with Crippen LogP contribution in [0.25, 0.3) is 5.82 Å². The van der Waals surface area contributed by atoms with Crippen LogP contribution in [-0.2, 0) is 4.79 Å².